The van der Waals surface area contributed by atoms with Gasteiger partial charge in [-0.2, -0.15) is 0 Å². The van der Waals surface area contributed by atoms with Crippen molar-refractivity contribution in [2.75, 3.05) is 19.7 Å². The van der Waals surface area contributed by atoms with Crippen molar-refractivity contribution >= 4 is 17.2 Å². The highest BCUT2D eigenvalue weighted by atomic mass is 32.1. The lowest BCUT2D eigenvalue weighted by atomic mass is 10.1. The lowest BCUT2D eigenvalue weighted by Crippen LogP contribution is -2.31. The van der Waals surface area contributed by atoms with Crippen molar-refractivity contribution in [1.82, 2.24) is 4.90 Å². The van der Waals surface area contributed by atoms with Gasteiger partial charge in [-0.1, -0.05) is 19.1 Å². The molecule has 1 unspecified atom stereocenters. The number of rotatable bonds is 6. The Bertz CT molecular complexity index is 475. The van der Waals surface area contributed by atoms with Crippen molar-refractivity contribution in [3.8, 4) is 0 Å². The Morgan fingerprint density at radius 2 is 2.30 bits per heavy atom. The van der Waals surface area contributed by atoms with Crippen LogP contribution in [0.25, 0.3) is 0 Å². The molecule has 2 rings (SSSR count). The summed E-state index contributed by atoms with van der Waals surface area (Å²) in [6, 6.07) is 4.78. The van der Waals surface area contributed by atoms with Gasteiger partial charge in [0.15, 0.2) is 0 Å². The minimum Gasteiger partial charge on any atom is -0.389 e. The van der Waals surface area contributed by atoms with Gasteiger partial charge in [-0.15, -0.1) is 0 Å². The molecular weight excluding hydrogens is 275 g/mol. The van der Waals surface area contributed by atoms with Gasteiger partial charge in [-0.3, -0.25) is 4.90 Å². The highest BCUT2D eigenvalue weighted by molar-refractivity contribution is 7.80. The zero-order valence-electron chi connectivity index (χ0n) is 11.8. The number of benzene rings is 1. The molecule has 0 aliphatic carbocycles. The third-order valence-electron chi connectivity index (χ3n) is 3.58. The molecule has 2 N–H and O–H groups in total. The standard InChI is InChI=1S/C15H21FN2OS/c1-2-18(10-14-4-3-5-19-14)9-11-6-12(15(17)20)8-13(16)7-11/h6-8,14H,2-5,9-10H2,1H3,(H2,17,20). The zero-order valence-corrected chi connectivity index (χ0v) is 12.6. The fourth-order valence-corrected chi connectivity index (χ4v) is 2.64. The molecule has 20 heavy (non-hydrogen) atoms. The maximum Gasteiger partial charge on any atom is 0.124 e. The van der Waals surface area contributed by atoms with Crippen LogP contribution in [0, 0.1) is 5.82 Å². The van der Waals surface area contributed by atoms with Gasteiger partial charge in [0.25, 0.3) is 0 Å². The monoisotopic (exact) mass is 296 g/mol. The Hall–Kier alpha value is -1.04. The van der Waals surface area contributed by atoms with Gasteiger partial charge in [0, 0.05) is 25.3 Å². The number of hydrogen-bond acceptors (Lipinski definition) is 3. The van der Waals surface area contributed by atoms with Crippen molar-refractivity contribution in [2.24, 2.45) is 5.73 Å². The largest absolute Gasteiger partial charge is 0.389 e. The number of likely N-dealkylation sites (N-methyl/N-ethyl adjacent to an activating group) is 1. The second-order valence-corrected chi connectivity index (χ2v) is 5.61. The van der Waals surface area contributed by atoms with Crippen LogP contribution >= 0.6 is 12.2 Å². The zero-order chi connectivity index (χ0) is 14.5. The maximum absolute atomic E-state index is 13.6. The molecule has 3 nitrogen and oxygen atoms in total. The topological polar surface area (TPSA) is 38.5 Å². The smallest absolute Gasteiger partial charge is 0.124 e. The van der Waals surface area contributed by atoms with E-state index in [9.17, 15) is 4.39 Å². The third kappa shape index (κ3) is 4.23. The average Bonchev–Trinajstić information content (AvgIpc) is 2.90. The first-order valence-electron chi connectivity index (χ1n) is 7.01. The Morgan fingerprint density at radius 3 is 2.90 bits per heavy atom. The lowest BCUT2D eigenvalue weighted by molar-refractivity contribution is 0.0724. The van der Waals surface area contributed by atoms with Crippen LogP contribution in [0.2, 0.25) is 0 Å². The van der Waals surface area contributed by atoms with Crippen molar-refractivity contribution in [2.45, 2.75) is 32.4 Å². The number of ether oxygens (including phenoxy) is 1. The summed E-state index contributed by atoms with van der Waals surface area (Å²) < 4.78 is 19.2. The molecule has 1 saturated heterocycles. The Morgan fingerprint density at radius 1 is 1.50 bits per heavy atom. The molecule has 1 fully saturated rings. The second-order valence-electron chi connectivity index (χ2n) is 5.18. The summed E-state index contributed by atoms with van der Waals surface area (Å²) in [5.74, 6) is -0.293. The Balaban J connectivity index is 2.04. The maximum atomic E-state index is 13.6. The lowest BCUT2D eigenvalue weighted by Gasteiger charge is -2.24. The van der Waals surface area contributed by atoms with Crippen LogP contribution in [0.5, 0.6) is 0 Å². The molecule has 0 spiro atoms. The number of nitrogens with zero attached hydrogens (tertiary/aromatic N) is 1. The summed E-state index contributed by atoms with van der Waals surface area (Å²) in [4.78, 5) is 2.49. The molecular formula is C15H21FN2OS. The minimum absolute atomic E-state index is 0.230. The number of halogens is 1. The number of hydrogen-bond donors (Lipinski definition) is 1. The molecule has 0 bridgehead atoms. The molecule has 0 saturated carbocycles. The molecule has 5 heteroatoms. The van der Waals surface area contributed by atoms with E-state index in [2.05, 4.69) is 11.8 Å². The van der Waals surface area contributed by atoms with E-state index in [0.29, 0.717) is 18.2 Å². The van der Waals surface area contributed by atoms with E-state index in [-0.39, 0.29) is 10.8 Å². The molecule has 1 heterocycles. The number of thiocarbonyl (C=S) groups is 1. The average molecular weight is 296 g/mol. The minimum atomic E-state index is -0.293. The van der Waals surface area contributed by atoms with E-state index in [1.54, 1.807) is 6.07 Å². The Labute approximate surface area is 124 Å². The van der Waals surface area contributed by atoms with E-state index in [0.717, 1.165) is 38.1 Å². The van der Waals surface area contributed by atoms with Gasteiger partial charge in [0.05, 0.1) is 6.10 Å². The second kappa shape index (κ2) is 7.11. The molecule has 1 aliphatic rings. The SMILES string of the molecule is CCN(Cc1cc(F)cc(C(N)=S)c1)CC1CCCO1. The summed E-state index contributed by atoms with van der Waals surface area (Å²) >= 11 is 4.92. The van der Waals surface area contributed by atoms with Crippen LogP contribution in [0.4, 0.5) is 4.39 Å². The first kappa shape index (κ1) is 15.4. The van der Waals surface area contributed by atoms with Gasteiger partial charge < -0.3 is 10.5 Å². The van der Waals surface area contributed by atoms with Crippen LogP contribution < -0.4 is 5.73 Å². The highest BCUT2D eigenvalue weighted by Crippen LogP contribution is 2.16. The fraction of sp³-hybridized carbons (Fsp3) is 0.533. The van der Waals surface area contributed by atoms with E-state index in [1.807, 2.05) is 6.07 Å². The van der Waals surface area contributed by atoms with Gasteiger partial charge in [-0.25, -0.2) is 4.39 Å². The molecule has 0 radical (unpaired) electrons. The summed E-state index contributed by atoms with van der Waals surface area (Å²) in [6.45, 7) is 5.43. The van der Waals surface area contributed by atoms with Crippen LogP contribution in [0.1, 0.15) is 30.9 Å². The molecule has 1 atom stereocenters. The molecule has 1 aliphatic heterocycles. The van der Waals surface area contributed by atoms with Crippen LogP contribution in [-0.2, 0) is 11.3 Å². The van der Waals surface area contributed by atoms with Crippen molar-refractivity contribution in [1.29, 1.82) is 0 Å². The predicted octanol–water partition coefficient (Wildman–Crippen LogP) is 2.46. The summed E-state index contributed by atoms with van der Waals surface area (Å²) in [7, 11) is 0. The van der Waals surface area contributed by atoms with Crippen LogP contribution in [0.3, 0.4) is 0 Å². The fourth-order valence-electron chi connectivity index (χ4n) is 2.52. The first-order valence-corrected chi connectivity index (χ1v) is 7.42. The van der Waals surface area contributed by atoms with Crippen molar-refractivity contribution < 1.29 is 9.13 Å². The molecule has 1 aromatic rings. The Kier molecular flexibility index (Phi) is 5.46. The van der Waals surface area contributed by atoms with Gasteiger partial charge >= 0.3 is 0 Å². The van der Waals surface area contributed by atoms with Crippen molar-refractivity contribution in [3.05, 3.63) is 35.1 Å². The van der Waals surface area contributed by atoms with Crippen LogP contribution in [-0.4, -0.2) is 35.7 Å². The van der Waals surface area contributed by atoms with Gasteiger partial charge in [0.1, 0.15) is 10.8 Å². The van der Waals surface area contributed by atoms with Crippen LogP contribution in [0.15, 0.2) is 18.2 Å². The molecule has 0 aromatic heterocycles. The molecule has 110 valence electrons. The molecule has 1 aromatic carbocycles. The third-order valence-corrected chi connectivity index (χ3v) is 3.82. The van der Waals surface area contributed by atoms with E-state index in [4.69, 9.17) is 22.7 Å². The number of nitrogens with two attached hydrogens (primary N) is 1. The first-order chi connectivity index (χ1) is 9.58. The molecule has 0 amide bonds. The highest BCUT2D eigenvalue weighted by Gasteiger charge is 2.18. The van der Waals surface area contributed by atoms with E-state index in [1.165, 1.54) is 6.07 Å². The summed E-state index contributed by atoms with van der Waals surface area (Å²) in [6.07, 6.45) is 2.55. The normalized spacial score (nSPS) is 18.6. The van der Waals surface area contributed by atoms with Gasteiger partial charge in [-0.05, 0) is 43.1 Å². The van der Waals surface area contributed by atoms with E-state index < -0.39 is 0 Å². The van der Waals surface area contributed by atoms with Crippen molar-refractivity contribution in [3.63, 3.8) is 0 Å². The van der Waals surface area contributed by atoms with Gasteiger partial charge in [0.2, 0.25) is 0 Å². The summed E-state index contributed by atoms with van der Waals surface area (Å²) in [5.41, 5.74) is 7.06. The predicted molar refractivity (Wildman–Crippen MR) is 82.2 cm³/mol. The van der Waals surface area contributed by atoms with E-state index >= 15 is 0 Å². The quantitative estimate of drug-likeness (QED) is 0.819. The summed E-state index contributed by atoms with van der Waals surface area (Å²) in [5, 5.41) is 0.